The number of para-hydroxylation sites is 3. The fraction of sp³-hybridized carbons (Fsp3) is 0.0909. The number of carbonyl (C=O) groups is 1. The summed E-state index contributed by atoms with van der Waals surface area (Å²) in [6.45, 7) is 0. The minimum atomic E-state index is -0.101. The molecule has 1 amide bonds. The van der Waals surface area contributed by atoms with Gasteiger partial charge in [-0.05, 0) is 42.0 Å². The van der Waals surface area contributed by atoms with Gasteiger partial charge in [0.1, 0.15) is 0 Å². The number of carbonyl (C=O) groups excluding carboxylic acids is 1. The Balaban J connectivity index is 1.41. The van der Waals surface area contributed by atoms with Gasteiger partial charge in [-0.15, -0.1) is 0 Å². The Morgan fingerprint density at radius 1 is 0.963 bits per heavy atom. The summed E-state index contributed by atoms with van der Waals surface area (Å²) < 4.78 is 2.11. The fourth-order valence-electron chi connectivity index (χ4n) is 2.88. The van der Waals surface area contributed by atoms with Gasteiger partial charge < -0.3 is 9.88 Å². The summed E-state index contributed by atoms with van der Waals surface area (Å²) in [4.78, 5) is 17.0. The topological polar surface area (TPSA) is 46.9 Å². The molecule has 3 aromatic carbocycles. The second kappa shape index (κ2) is 7.68. The van der Waals surface area contributed by atoms with Crippen molar-refractivity contribution >= 4 is 34.4 Å². The first-order valence-corrected chi connectivity index (χ1v) is 9.69. The van der Waals surface area contributed by atoms with Gasteiger partial charge in [-0.3, -0.25) is 4.79 Å². The fourth-order valence-corrected chi connectivity index (χ4v) is 3.82. The summed E-state index contributed by atoms with van der Waals surface area (Å²) in [5.41, 5.74) is 4.74. The van der Waals surface area contributed by atoms with Crippen molar-refractivity contribution in [2.24, 2.45) is 7.05 Å². The predicted molar refractivity (Wildman–Crippen MR) is 111 cm³/mol. The number of thioether (sulfide) groups is 1. The molecule has 0 radical (unpaired) electrons. The third kappa shape index (κ3) is 3.88. The standard InChI is InChI=1S/C22H19N3OS/c1-25-20-10-6-5-9-19(20)24-22(25)27-15-16-11-13-17(14-12-16)21(26)23-18-7-3-2-4-8-18/h2-14H,15H2,1H3,(H,23,26). The zero-order chi connectivity index (χ0) is 18.6. The number of anilines is 1. The highest BCUT2D eigenvalue weighted by Crippen LogP contribution is 2.25. The third-order valence-corrected chi connectivity index (χ3v) is 5.46. The van der Waals surface area contributed by atoms with Gasteiger partial charge in [0.05, 0.1) is 11.0 Å². The first-order valence-electron chi connectivity index (χ1n) is 8.70. The lowest BCUT2D eigenvalue weighted by atomic mass is 10.1. The van der Waals surface area contributed by atoms with Crippen LogP contribution in [0.3, 0.4) is 0 Å². The molecular weight excluding hydrogens is 354 g/mol. The van der Waals surface area contributed by atoms with Gasteiger partial charge in [-0.25, -0.2) is 4.98 Å². The highest BCUT2D eigenvalue weighted by atomic mass is 32.2. The van der Waals surface area contributed by atoms with Gasteiger partial charge in [-0.1, -0.05) is 54.2 Å². The Kier molecular flexibility index (Phi) is 4.94. The minimum Gasteiger partial charge on any atom is -0.322 e. The van der Waals surface area contributed by atoms with Crippen LogP contribution < -0.4 is 5.32 Å². The number of fused-ring (bicyclic) bond motifs is 1. The maximum Gasteiger partial charge on any atom is 0.255 e. The molecule has 1 N–H and O–H groups in total. The van der Waals surface area contributed by atoms with Crippen LogP contribution in [-0.4, -0.2) is 15.5 Å². The summed E-state index contributed by atoms with van der Waals surface area (Å²) in [7, 11) is 2.04. The number of hydrogen-bond acceptors (Lipinski definition) is 3. The lowest BCUT2D eigenvalue weighted by Crippen LogP contribution is -2.11. The summed E-state index contributed by atoms with van der Waals surface area (Å²) in [6.07, 6.45) is 0. The van der Waals surface area contributed by atoms with Crippen molar-refractivity contribution in [2.45, 2.75) is 10.9 Å². The molecule has 0 saturated heterocycles. The lowest BCUT2D eigenvalue weighted by molar-refractivity contribution is 0.102. The van der Waals surface area contributed by atoms with Crippen molar-refractivity contribution in [1.82, 2.24) is 9.55 Å². The molecule has 0 aliphatic rings. The first kappa shape index (κ1) is 17.4. The Bertz CT molecular complexity index is 1070. The van der Waals surface area contributed by atoms with Crippen molar-refractivity contribution in [1.29, 1.82) is 0 Å². The van der Waals surface area contributed by atoms with E-state index in [0.717, 1.165) is 33.2 Å². The van der Waals surface area contributed by atoms with Gasteiger partial charge in [0, 0.05) is 24.1 Å². The number of amides is 1. The second-order valence-electron chi connectivity index (χ2n) is 6.25. The Morgan fingerprint density at radius 3 is 2.41 bits per heavy atom. The lowest BCUT2D eigenvalue weighted by Gasteiger charge is -2.06. The van der Waals surface area contributed by atoms with Crippen molar-refractivity contribution in [2.75, 3.05) is 5.32 Å². The molecule has 1 heterocycles. The smallest absolute Gasteiger partial charge is 0.255 e. The molecule has 0 aliphatic carbocycles. The van der Waals surface area contributed by atoms with Crippen LogP contribution in [0.1, 0.15) is 15.9 Å². The van der Waals surface area contributed by atoms with E-state index in [2.05, 4.69) is 20.9 Å². The van der Waals surface area contributed by atoms with Crippen LogP contribution in [0.4, 0.5) is 5.69 Å². The molecule has 0 saturated carbocycles. The monoisotopic (exact) mass is 373 g/mol. The minimum absolute atomic E-state index is 0.101. The van der Waals surface area contributed by atoms with Crippen LogP contribution in [-0.2, 0) is 12.8 Å². The summed E-state index contributed by atoms with van der Waals surface area (Å²) in [5, 5.41) is 3.89. The largest absolute Gasteiger partial charge is 0.322 e. The molecule has 0 atom stereocenters. The molecule has 1 aromatic heterocycles. The first-order chi connectivity index (χ1) is 13.2. The van der Waals surface area contributed by atoms with E-state index in [9.17, 15) is 4.79 Å². The highest BCUT2D eigenvalue weighted by Gasteiger charge is 2.09. The van der Waals surface area contributed by atoms with E-state index in [1.807, 2.05) is 79.8 Å². The van der Waals surface area contributed by atoms with E-state index >= 15 is 0 Å². The number of aryl methyl sites for hydroxylation is 1. The molecular formula is C22H19N3OS. The second-order valence-corrected chi connectivity index (χ2v) is 7.19. The maximum absolute atomic E-state index is 12.3. The Morgan fingerprint density at radius 2 is 1.67 bits per heavy atom. The SMILES string of the molecule is Cn1c(SCc2ccc(C(=O)Nc3ccccc3)cc2)nc2ccccc21. The number of aromatic nitrogens is 2. The molecule has 4 nitrogen and oxygen atoms in total. The molecule has 0 spiro atoms. The Labute approximate surface area is 162 Å². The third-order valence-electron chi connectivity index (χ3n) is 4.36. The van der Waals surface area contributed by atoms with E-state index in [1.54, 1.807) is 11.8 Å². The summed E-state index contributed by atoms with van der Waals surface area (Å²) in [6, 6.07) is 25.3. The number of nitrogens with one attached hydrogen (secondary N) is 1. The molecule has 4 rings (SSSR count). The molecule has 4 aromatic rings. The summed E-state index contributed by atoms with van der Waals surface area (Å²) in [5.74, 6) is 0.702. The summed E-state index contributed by atoms with van der Waals surface area (Å²) >= 11 is 1.69. The van der Waals surface area contributed by atoms with E-state index in [4.69, 9.17) is 0 Å². The predicted octanol–water partition coefficient (Wildman–Crippen LogP) is 5.12. The van der Waals surface area contributed by atoms with E-state index in [1.165, 1.54) is 0 Å². The molecule has 0 bridgehead atoms. The van der Waals surface area contributed by atoms with Crippen LogP contribution in [0.25, 0.3) is 11.0 Å². The van der Waals surface area contributed by atoms with Crippen LogP contribution in [0, 0.1) is 0 Å². The van der Waals surface area contributed by atoms with Crippen molar-refractivity contribution in [3.8, 4) is 0 Å². The zero-order valence-corrected chi connectivity index (χ0v) is 15.7. The van der Waals surface area contributed by atoms with Gasteiger partial charge in [0.15, 0.2) is 5.16 Å². The number of rotatable bonds is 5. The van der Waals surface area contributed by atoms with Crippen LogP contribution in [0.2, 0.25) is 0 Å². The van der Waals surface area contributed by atoms with E-state index in [0.29, 0.717) is 5.56 Å². The zero-order valence-electron chi connectivity index (χ0n) is 14.9. The highest BCUT2D eigenvalue weighted by molar-refractivity contribution is 7.98. The number of imidazole rings is 1. The quantitative estimate of drug-likeness (QED) is 0.494. The Hall–Kier alpha value is -3.05. The van der Waals surface area contributed by atoms with Gasteiger partial charge in [0.2, 0.25) is 0 Å². The van der Waals surface area contributed by atoms with Crippen molar-refractivity contribution < 1.29 is 4.79 Å². The maximum atomic E-state index is 12.3. The van der Waals surface area contributed by atoms with Crippen LogP contribution in [0.15, 0.2) is 84.0 Å². The molecule has 0 unspecified atom stereocenters. The molecule has 134 valence electrons. The molecule has 0 aliphatic heterocycles. The average Bonchev–Trinajstić information content (AvgIpc) is 3.03. The van der Waals surface area contributed by atoms with Crippen LogP contribution in [0.5, 0.6) is 0 Å². The number of benzene rings is 3. The molecule has 27 heavy (non-hydrogen) atoms. The van der Waals surface area contributed by atoms with Gasteiger partial charge in [0.25, 0.3) is 5.91 Å². The van der Waals surface area contributed by atoms with Crippen molar-refractivity contribution in [3.05, 3.63) is 90.0 Å². The van der Waals surface area contributed by atoms with Gasteiger partial charge in [-0.2, -0.15) is 0 Å². The van der Waals surface area contributed by atoms with Crippen LogP contribution >= 0.6 is 11.8 Å². The number of nitrogens with zero attached hydrogens (tertiary/aromatic N) is 2. The average molecular weight is 373 g/mol. The molecule has 5 heteroatoms. The normalized spacial score (nSPS) is 10.9. The van der Waals surface area contributed by atoms with E-state index < -0.39 is 0 Å². The van der Waals surface area contributed by atoms with Crippen molar-refractivity contribution in [3.63, 3.8) is 0 Å². The molecule has 0 fully saturated rings. The van der Waals surface area contributed by atoms with Gasteiger partial charge >= 0.3 is 0 Å². The van der Waals surface area contributed by atoms with E-state index in [-0.39, 0.29) is 5.91 Å². The number of hydrogen-bond donors (Lipinski definition) is 1.